The summed E-state index contributed by atoms with van der Waals surface area (Å²) in [5.74, 6) is 0.684. The predicted octanol–water partition coefficient (Wildman–Crippen LogP) is 1.68. The molecule has 0 aliphatic carbocycles. The Bertz CT molecular complexity index is 346. The number of carbonyl (C=O) groups is 1. The number of rotatable bonds is 7. The third-order valence-corrected chi connectivity index (χ3v) is 5.41. The molecule has 2 aliphatic rings. The van der Waals surface area contributed by atoms with Crippen molar-refractivity contribution in [1.29, 1.82) is 0 Å². The lowest BCUT2D eigenvalue weighted by Crippen LogP contribution is -2.46. The number of nitrogens with zero attached hydrogens (tertiary/aromatic N) is 3. The van der Waals surface area contributed by atoms with Crippen molar-refractivity contribution in [2.45, 2.75) is 44.6 Å². The van der Waals surface area contributed by atoms with Gasteiger partial charge in [-0.1, -0.05) is 0 Å². The van der Waals surface area contributed by atoms with Crippen LogP contribution >= 0.6 is 0 Å². The first-order chi connectivity index (χ1) is 11.0. The molecule has 0 N–H and O–H groups in total. The Balaban J connectivity index is 1.57. The van der Waals surface area contributed by atoms with Crippen LogP contribution in [-0.2, 0) is 9.53 Å². The highest BCUT2D eigenvalue weighted by Gasteiger charge is 2.27. The zero-order valence-electron chi connectivity index (χ0n) is 15.3. The number of esters is 1. The van der Waals surface area contributed by atoms with E-state index in [1.807, 2.05) is 19.0 Å². The van der Waals surface area contributed by atoms with Crippen LogP contribution < -0.4 is 0 Å². The van der Waals surface area contributed by atoms with Crippen molar-refractivity contribution in [2.75, 3.05) is 60.5 Å². The fourth-order valence-corrected chi connectivity index (χ4v) is 3.70. The van der Waals surface area contributed by atoms with Crippen LogP contribution in [0.5, 0.6) is 0 Å². The molecule has 0 radical (unpaired) electrons. The van der Waals surface area contributed by atoms with E-state index in [4.69, 9.17) is 4.74 Å². The van der Waals surface area contributed by atoms with Gasteiger partial charge < -0.3 is 19.4 Å². The van der Waals surface area contributed by atoms with E-state index in [2.05, 4.69) is 16.8 Å². The van der Waals surface area contributed by atoms with Crippen LogP contribution in [0.25, 0.3) is 0 Å². The smallest absolute Gasteiger partial charge is 0.305 e. The molecule has 5 heteroatoms. The van der Waals surface area contributed by atoms with E-state index in [0.717, 1.165) is 19.0 Å². The van der Waals surface area contributed by atoms with Gasteiger partial charge in [-0.2, -0.15) is 0 Å². The molecule has 0 saturated carbocycles. The Morgan fingerprint density at radius 1 is 1.09 bits per heavy atom. The third-order valence-electron chi connectivity index (χ3n) is 5.41. The van der Waals surface area contributed by atoms with Crippen LogP contribution in [0.1, 0.15) is 38.5 Å². The summed E-state index contributed by atoms with van der Waals surface area (Å²) in [6.07, 6.45) is 6.72. The third kappa shape index (κ3) is 6.77. The first-order valence-corrected chi connectivity index (χ1v) is 9.27. The first kappa shape index (κ1) is 18.7. The summed E-state index contributed by atoms with van der Waals surface area (Å²) >= 11 is 0. The molecule has 0 bridgehead atoms. The number of likely N-dealkylation sites (N-methyl/N-ethyl adjacent to an activating group) is 1. The van der Waals surface area contributed by atoms with Gasteiger partial charge in [0.1, 0.15) is 6.61 Å². The molecule has 0 atom stereocenters. The number of hydrogen-bond acceptors (Lipinski definition) is 5. The van der Waals surface area contributed by atoms with Crippen molar-refractivity contribution >= 4 is 5.97 Å². The van der Waals surface area contributed by atoms with E-state index < -0.39 is 0 Å². The molecule has 2 rings (SSSR count). The van der Waals surface area contributed by atoms with Crippen LogP contribution in [-0.4, -0.2) is 87.2 Å². The van der Waals surface area contributed by atoms with E-state index in [0.29, 0.717) is 18.9 Å². The van der Waals surface area contributed by atoms with E-state index >= 15 is 0 Å². The monoisotopic (exact) mass is 325 g/mol. The normalized spacial score (nSPS) is 22.6. The molecular weight excluding hydrogens is 290 g/mol. The molecule has 5 nitrogen and oxygen atoms in total. The Kier molecular flexibility index (Phi) is 7.80. The lowest BCUT2D eigenvalue weighted by Gasteiger charge is -2.41. The fourth-order valence-electron chi connectivity index (χ4n) is 3.70. The van der Waals surface area contributed by atoms with E-state index in [-0.39, 0.29) is 5.97 Å². The standard InChI is InChI=1S/C18H35N3O2/c1-19(2)14-15-23-18(22)5-4-16-6-12-21(13-7-16)17-8-10-20(3)11-9-17/h16-17H,4-15H2,1-3H3. The summed E-state index contributed by atoms with van der Waals surface area (Å²) in [5.41, 5.74) is 0. The van der Waals surface area contributed by atoms with Gasteiger partial charge in [-0.15, -0.1) is 0 Å². The van der Waals surface area contributed by atoms with Crippen LogP contribution in [0.15, 0.2) is 0 Å². The average Bonchev–Trinajstić information content (AvgIpc) is 2.54. The molecule has 2 heterocycles. The molecule has 2 saturated heterocycles. The Hall–Kier alpha value is -0.650. The van der Waals surface area contributed by atoms with E-state index in [1.165, 1.54) is 51.9 Å². The highest BCUT2D eigenvalue weighted by atomic mass is 16.5. The van der Waals surface area contributed by atoms with Crippen molar-refractivity contribution in [3.8, 4) is 0 Å². The Labute approximate surface area is 141 Å². The second-order valence-electron chi connectivity index (χ2n) is 7.58. The molecular formula is C18H35N3O2. The van der Waals surface area contributed by atoms with Crippen LogP contribution in [0.2, 0.25) is 0 Å². The molecule has 0 aromatic heterocycles. The van der Waals surface area contributed by atoms with Gasteiger partial charge in [0.15, 0.2) is 0 Å². The minimum Gasteiger partial charge on any atom is -0.464 e. The van der Waals surface area contributed by atoms with Gasteiger partial charge >= 0.3 is 5.97 Å². The molecule has 0 aromatic carbocycles. The maximum absolute atomic E-state index is 11.8. The van der Waals surface area contributed by atoms with Gasteiger partial charge in [0.05, 0.1) is 0 Å². The quantitative estimate of drug-likeness (QED) is 0.666. The highest BCUT2D eigenvalue weighted by molar-refractivity contribution is 5.69. The SMILES string of the molecule is CN(C)CCOC(=O)CCC1CCN(C2CCN(C)CC2)CC1. The van der Waals surface area contributed by atoms with Gasteiger partial charge in [-0.05, 0) is 85.3 Å². The van der Waals surface area contributed by atoms with Crippen molar-refractivity contribution in [1.82, 2.24) is 14.7 Å². The van der Waals surface area contributed by atoms with Gasteiger partial charge in [0.25, 0.3) is 0 Å². The van der Waals surface area contributed by atoms with Gasteiger partial charge in [-0.25, -0.2) is 0 Å². The number of ether oxygens (including phenoxy) is 1. The van der Waals surface area contributed by atoms with Crippen LogP contribution in [0.4, 0.5) is 0 Å². The van der Waals surface area contributed by atoms with Crippen molar-refractivity contribution in [3.05, 3.63) is 0 Å². The zero-order valence-corrected chi connectivity index (χ0v) is 15.3. The number of hydrogen-bond donors (Lipinski definition) is 0. The zero-order chi connectivity index (χ0) is 16.7. The maximum Gasteiger partial charge on any atom is 0.305 e. The largest absolute Gasteiger partial charge is 0.464 e. The average molecular weight is 325 g/mol. The van der Waals surface area contributed by atoms with E-state index in [1.54, 1.807) is 0 Å². The minimum absolute atomic E-state index is 0.0235. The summed E-state index contributed by atoms with van der Waals surface area (Å²) < 4.78 is 5.27. The maximum atomic E-state index is 11.8. The highest BCUT2D eigenvalue weighted by Crippen LogP contribution is 2.26. The van der Waals surface area contributed by atoms with E-state index in [9.17, 15) is 4.79 Å². The molecule has 23 heavy (non-hydrogen) atoms. The van der Waals surface area contributed by atoms with Crippen molar-refractivity contribution in [2.24, 2.45) is 5.92 Å². The molecule has 0 spiro atoms. The number of likely N-dealkylation sites (tertiary alicyclic amines) is 2. The van der Waals surface area contributed by atoms with Crippen molar-refractivity contribution < 1.29 is 9.53 Å². The second kappa shape index (κ2) is 9.60. The molecule has 2 fully saturated rings. The van der Waals surface area contributed by atoms with Gasteiger partial charge in [-0.3, -0.25) is 4.79 Å². The van der Waals surface area contributed by atoms with Gasteiger partial charge in [0.2, 0.25) is 0 Å². The molecule has 0 unspecified atom stereocenters. The topological polar surface area (TPSA) is 36.0 Å². The molecule has 0 amide bonds. The lowest BCUT2D eigenvalue weighted by molar-refractivity contribution is -0.144. The summed E-state index contributed by atoms with van der Waals surface area (Å²) in [6, 6.07) is 0.795. The summed E-state index contributed by atoms with van der Waals surface area (Å²) in [4.78, 5) is 18.9. The first-order valence-electron chi connectivity index (χ1n) is 9.27. The number of carbonyl (C=O) groups excluding carboxylic acids is 1. The molecule has 134 valence electrons. The Morgan fingerprint density at radius 2 is 1.74 bits per heavy atom. The lowest BCUT2D eigenvalue weighted by atomic mass is 9.90. The van der Waals surface area contributed by atoms with Crippen LogP contribution in [0.3, 0.4) is 0 Å². The second-order valence-corrected chi connectivity index (χ2v) is 7.58. The summed E-state index contributed by atoms with van der Waals surface area (Å²) in [5, 5.41) is 0. The molecule has 2 aliphatic heterocycles. The number of piperidine rings is 2. The predicted molar refractivity (Wildman–Crippen MR) is 93.6 cm³/mol. The van der Waals surface area contributed by atoms with Crippen molar-refractivity contribution in [3.63, 3.8) is 0 Å². The Morgan fingerprint density at radius 3 is 2.35 bits per heavy atom. The van der Waals surface area contributed by atoms with Crippen LogP contribution in [0, 0.1) is 5.92 Å². The summed E-state index contributed by atoms with van der Waals surface area (Å²) in [6.45, 7) is 6.23. The fraction of sp³-hybridized carbons (Fsp3) is 0.944. The molecule has 0 aromatic rings. The van der Waals surface area contributed by atoms with Gasteiger partial charge in [0, 0.05) is 19.0 Å². The minimum atomic E-state index is -0.0235. The summed E-state index contributed by atoms with van der Waals surface area (Å²) in [7, 11) is 6.21.